The summed E-state index contributed by atoms with van der Waals surface area (Å²) < 4.78 is 0. The molecule has 0 saturated carbocycles. The number of hydrogen-bond donors (Lipinski definition) is 6. The first kappa shape index (κ1) is 47.2. The van der Waals surface area contributed by atoms with E-state index in [9.17, 15) is 14.4 Å². The van der Waals surface area contributed by atoms with Crippen LogP contribution in [-0.4, -0.2) is 67.9 Å². The van der Waals surface area contributed by atoms with Crippen LogP contribution < -0.4 is 0 Å². The second-order valence-electron chi connectivity index (χ2n) is 14.6. The van der Waals surface area contributed by atoms with Crippen LogP contribution in [0.1, 0.15) is 159 Å². The lowest BCUT2D eigenvalue weighted by molar-refractivity contribution is -0.138. The Bertz CT molecular complexity index is 557. The molecule has 0 aromatic heterocycles. The second-order valence-corrected chi connectivity index (χ2v) is 14.6. The average molecular weight is 609 g/mol. The van der Waals surface area contributed by atoms with Gasteiger partial charge in [-0.15, -0.1) is 0 Å². The molecule has 9 nitrogen and oxygen atoms in total. The lowest BCUT2D eigenvalue weighted by atomic mass is 9.89. The predicted octanol–water partition coefficient (Wildman–Crippen LogP) is 7.53. The largest absolute Gasteiger partial charge is 0.481 e. The molecule has 9 heteroatoms. The van der Waals surface area contributed by atoms with Crippen LogP contribution >= 0.6 is 0 Å². The minimum atomic E-state index is -0.954. The van der Waals surface area contributed by atoms with Crippen LogP contribution in [0.3, 0.4) is 0 Å². The van der Waals surface area contributed by atoms with Gasteiger partial charge in [0.25, 0.3) is 0 Å². The van der Waals surface area contributed by atoms with Crippen molar-refractivity contribution in [2.24, 2.45) is 16.2 Å². The molecule has 0 rings (SSSR count). The van der Waals surface area contributed by atoms with E-state index < -0.39 is 24.0 Å². The summed E-state index contributed by atoms with van der Waals surface area (Å²) in [4.78, 5) is 30.5. The molecule has 0 bridgehead atoms. The molecule has 0 radical (unpaired) electrons. The highest BCUT2D eigenvalue weighted by Gasteiger charge is 2.10. The Morgan fingerprint density at radius 2 is 0.667 bits per heavy atom. The van der Waals surface area contributed by atoms with Gasteiger partial charge in [-0.05, 0) is 54.8 Å². The SMILES string of the molecule is CC(C)(C)CCCCCC(=O)O.CC(C)(C)CCCCCC(=O)O.CC(C)(C)CCCCCC(=O)O.OCC(O)CO. The third-order valence-corrected chi connectivity index (χ3v) is 5.87. The van der Waals surface area contributed by atoms with Gasteiger partial charge in [0.05, 0.1) is 13.2 Å². The number of aliphatic carboxylic acids is 3. The molecule has 0 saturated heterocycles. The van der Waals surface area contributed by atoms with Gasteiger partial charge >= 0.3 is 17.9 Å². The molecule has 0 aromatic carbocycles. The van der Waals surface area contributed by atoms with Crippen molar-refractivity contribution in [1.82, 2.24) is 0 Å². The summed E-state index contributed by atoms with van der Waals surface area (Å²) in [7, 11) is 0. The molecule has 0 aromatic rings. The van der Waals surface area contributed by atoms with Crippen LogP contribution in [0.5, 0.6) is 0 Å². The number of aliphatic hydroxyl groups is 3. The standard InChI is InChI=1S/3C10H20O2.C3H8O3/c3*1-10(2,3)8-6-4-5-7-9(11)12;4-1-3(6)2-5/h3*4-8H2,1-3H3,(H,11,12);3-6H,1-2H2. The van der Waals surface area contributed by atoms with Gasteiger partial charge in [0.2, 0.25) is 0 Å². The molecular formula is C33H68O9. The summed E-state index contributed by atoms with van der Waals surface area (Å²) in [6.45, 7) is 19.2. The van der Waals surface area contributed by atoms with Crippen LogP contribution in [0.25, 0.3) is 0 Å². The summed E-state index contributed by atoms with van der Waals surface area (Å²) in [5.41, 5.74) is 1.18. The van der Waals surface area contributed by atoms with Gasteiger partial charge in [-0.1, -0.05) is 101 Å². The lowest BCUT2D eigenvalue weighted by Gasteiger charge is -2.17. The van der Waals surface area contributed by atoms with Crippen LogP contribution in [-0.2, 0) is 14.4 Å². The first-order valence-corrected chi connectivity index (χ1v) is 15.6. The van der Waals surface area contributed by atoms with Crippen LogP contribution in [0, 0.1) is 16.2 Å². The summed E-state index contributed by atoms with van der Waals surface area (Å²) in [6.07, 6.45) is 12.6. The van der Waals surface area contributed by atoms with Crippen molar-refractivity contribution in [2.75, 3.05) is 13.2 Å². The Kier molecular flexibility index (Phi) is 31.6. The number of unbranched alkanes of at least 4 members (excludes halogenated alkanes) is 6. The molecule has 6 N–H and O–H groups in total. The van der Waals surface area contributed by atoms with Gasteiger partial charge in [-0.25, -0.2) is 0 Å². The number of aliphatic hydroxyl groups excluding tert-OH is 3. The van der Waals surface area contributed by atoms with E-state index in [1.165, 1.54) is 19.3 Å². The smallest absolute Gasteiger partial charge is 0.303 e. The molecule has 0 heterocycles. The highest BCUT2D eigenvalue weighted by molar-refractivity contribution is 5.67. The summed E-state index contributed by atoms with van der Waals surface area (Å²) in [5.74, 6) is -2.03. The minimum absolute atomic E-state index is 0.324. The van der Waals surface area contributed by atoms with E-state index in [-0.39, 0.29) is 13.2 Å². The molecule has 0 atom stereocenters. The summed E-state index contributed by atoms with van der Waals surface area (Å²) in [5, 5.41) is 49.1. The van der Waals surface area contributed by atoms with Crippen molar-refractivity contribution >= 4 is 17.9 Å². The number of rotatable bonds is 17. The fourth-order valence-corrected chi connectivity index (χ4v) is 3.38. The van der Waals surface area contributed by atoms with Crippen molar-refractivity contribution in [3.05, 3.63) is 0 Å². The molecule has 0 aliphatic heterocycles. The van der Waals surface area contributed by atoms with E-state index in [1.54, 1.807) is 0 Å². The number of carbonyl (C=O) groups is 3. The first-order chi connectivity index (χ1) is 19.1. The van der Waals surface area contributed by atoms with Crippen LogP contribution in [0.2, 0.25) is 0 Å². The molecule has 0 amide bonds. The third kappa shape index (κ3) is 62.1. The number of hydrogen-bond acceptors (Lipinski definition) is 6. The molecule has 0 aliphatic carbocycles. The fourth-order valence-electron chi connectivity index (χ4n) is 3.38. The zero-order chi connectivity index (χ0) is 33.8. The summed E-state index contributed by atoms with van der Waals surface area (Å²) >= 11 is 0. The van der Waals surface area contributed by atoms with Gasteiger partial charge in [0.1, 0.15) is 6.10 Å². The monoisotopic (exact) mass is 608 g/mol. The Balaban J connectivity index is -0.000000235. The molecule has 0 unspecified atom stereocenters. The quantitative estimate of drug-likeness (QED) is 0.0912. The van der Waals surface area contributed by atoms with Crippen molar-refractivity contribution in [3.63, 3.8) is 0 Å². The van der Waals surface area contributed by atoms with E-state index in [1.807, 2.05) is 0 Å². The number of carboxylic acid groups (broad SMARTS) is 3. The highest BCUT2D eigenvalue weighted by atomic mass is 16.4. The highest BCUT2D eigenvalue weighted by Crippen LogP contribution is 2.23. The van der Waals surface area contributed by atoms with E-state index in [4.69, 9.17) is 30.6 Å². The average Bonchev–Trinajstić information content (AvgIpc) is 2.81. The summed E-state index contributed by atoms with van der Waals surface area (Å²) in [6, 6.07) is 0. The molecule has 0 fully saturated rings. The van der Waals surface area contributed by atoms with E-state index in [0.717, 1.165) is 57.8 Å². The maximum absolute atomic E-state index is 10.2. The van der Waals surface area contributed by atoms with Gasteiger partial charge in [0.15, 0.2) is 0 Å². The van der Waals surface area contributed by atoms with Crippen molar-refractivity contribution in [1.29, 1.82) is 0 Å². The van der Waals surface area contributed by atoms with Gasteiger partial charge in [0, 0.05) is 19.3 Å². The Morgan fingerprint density at radius 1 is 0.452 bits per heavy atom. The maximum atomic E-state index is 10.2. The lowest BCUT2D eigenvalue weighted by Crippen LogP contribution is -2.15. The third-order valence-electron chi connectivity index (χ3n) is 5.87. The molecule has 0 spiro atoms. The van der Waals surface area contributed by atoms with E-state index >= 15 is 0 Å². The van der Waals surface area contributed by atoms with E-state index in [2.05, 4.69) is 62.3 Å². The van der Waals surface area contributed by atoms with Crippen molar-refractivity contribution < 1.29 is 45.0 Å². The van der Waals surface area contributed by atoms with Crippen LogP contribution in [0.4, 0.5) is 0 Å². The minimum Gasteiger partial charge on any atom is -0.481 e. The predicted molar refractivity (Wildman–Crippen MR) is 171 cm³/mol. The molecule has 0 aliphatic rings. The Labute approximate surface area is 257 Å². The van der Waals surface area contributed by atoms with Crippen LogP contribution in [0.15, 0.2) is 0 Å². The second kappa shape index (κ2) is 28.1. The van der Waals surface area contributed by atoms with Crippen molar-refractivity contribution in [3.8, 4) is 0 Å². The first-order valence-electron chi connectivity index (χ1n) is 15.6. The number of carboxylic acids is 3. The van der Waals surface area contributed by atoms with E-state index in [0.29, 0.717) is 35.5 Å². The Morgan fingerprint density at radius 3 is 0.786 bits per heavy atom. The zero-order valence-electron chi connectivity index (χ0n) is 28.5. The topological polar surface area (TPSA) is 173 Å². The van der Waals surface area contributed by atoms with Gasteiger partial charge in [-0.2, -0.15) is 0 Å². The van der Waals surface area contributed by atoms with Gasteiger partial charge < -0.3 is 30.6 Å². The molecule has 254 valence electrons. The zero-order valence-corrected chi connectivity index (χ0v) is 28.5. The van der Waals surface area contributed by atoms with Gasteiger partial charge in [-0.3, -0.25) is 14.4 Å². The fraction of sp³-hybridized carbons (Fsp3) is 0.909. The maximum Gasteiger partial charge on any atom is 0.303 e. The molecular weight excluding hydrogens is 540 g/mol. The Hall–Kier alpha value is -1.71. The normalized spacial score (nSPS) is 11.4. The van der Waals surface area contributed by atoms with Crippen molar-refractivity contribution in [2.45, 2.75) is 165 Å². The molecule has 42 heavy (non-hydrogen) atoms.